The van der Waals surface area contributed by atoms with Crippen LogP contribution in [0.4, 0.5) is 5.82 Å². The number of anilines is 1. The third-order valence-corrected chi connectivity index (χ3v) is 5.05. The Morgan fingerprint density at radius 3 is 2.73 bits per heavy atom. The molecule has 5 aromatic rings. The lowest BCUT2D eigenvalue weighted by atomic mass is 10.2. The molecule has 0 aliphatic rings. The highest BCUT2D eigenvalue weighted by molar-refractivity contribution is 6.35. The van der Waals surface area contributed by atoms with Crippen molar-refractivity contribution < 1.29 is 4.74 Å². The topological polar surface area (TPSA) is 114 Å². The van der Waals surface area contributed by atoms with Crippen LogP contribution in [0, 0.1) is 0 Å². The summed E-state index contributed by atoms with van der Waals surface area (Å²) in [5, 5.41) is 0.606. The molecule has 0 amide bonds. The Labute approximate surface area is 174 Å². The van der Waals surface area contributed by atoms with E-state index in [2.05, 4.69) is 15.0 Å². The number of halogens is 1. The van der Waals surface area contributed by atoms with Gasteiger partial charge in [-0.25, -0.2) is 24.5 Å². The molecule has 30 heavy (non-hydrogen) atoms. The van der Waals surface area contributed by atoms with Crippen LogP contribution in [-0.2, 0) is 0 Å². The maximum absolute atomic E-state index is 13.6. The quantitative estimate of drug-likeness (QED) is 0.478. The molecule has 0 spiro atoms. The Balaban J connectivity index is 1.97. The summed E-state index contributed by atoms with van der Waals surface area (Å²) < 4.78 is 8.49. The lowest BCUT2D eigenvalue weighted by Gasteiger charge is -2.16. The Morgan fingerprint density at radius 1 is 1.07 bits per heavy atom. The minimum absolute atomic E-state index is 0.230. The van der Waals surface area contributed by atoms with Crippen molar-refractivity contribution in [3.8, 4) is 17.4 Å². The highest BCUT2D eigenvalue weighted by atomic mass is 35.5. The van der Waals surface area contributed by atoms with Crippen LogP contribution >= 0.6 is 11.6 Å². The van der Waals surface area contributed by atoms with Gasteiger partial charge >= 0.3 is 0 Å². The van der Waals surface area contributed by atoms with Gasteiger partial charge in [-0.15, -0.1) is 0 Å². The zero-order chi connectivity index (χ0) is 20.8. The van der Waals surface area contributed by atoms with Crippen LogP contribution in [0.1, 0.15) is 0 Å². The molecule has 3 aromatic heterocycles. The summed E-state index contributed by atoms with van der Waals surface area (Å²) >= 11 is 6.35. The first-order valence-corrected chi connectivity index (χ1v) is 9.26. The van der Waals surface area contributed by atoms with E-state index in [-0.39, 0.29) is 17.3 Å². The molecule has 0 aliphatic carbocycles. The van der Waals surface area contributed by atoms with E-state index in [0.29, 0.717) is 38.5 Å². The minimum atomic E-state index is -0.353. The number of para-hydroxylation sites is 2. The molecule has 2 aromatic carbocycles. The average molecular weight is 420 g/mol. The molecule has 148 valence electrons. The van der Waals surface area contributed by atoms with Crippen molar-refractivity contribution >= 4 is 39.5 Å². The first kappa shape index (κ1) is 18.1. The summed E-state index contributed by atoms with van der Waals surface area (Å²) in [6, 6.07) is 12.2. The summed E-state index contributed by atoms with van der Waals surface area (Å²) in [7, 11) is 1.53. The largest absolute Gasteiger partial charge is 0.495 e. The fourth-order valence-electron chi connectivity index (χ4n) is 3.37. The second-order valence-electron chi connectivity index (χ2n) is 6.40. The van der Waals surface area contributed by atoms with Gasteiger partial charge in [0, 0.05) is 0 Å². The van der Waals surface area contributed by atoms with Crippen LogP contribution in [0.2, 0.25) is 5.02 Å². The number of ether oxygens (including phenoxy) is 1. The van der Waals surface area contributed by atoms with E-state index in [9.17, 15) is 4.79 Å². The fraction of sp³-hybridized carbons (Fsp3) is 0.0500. The molecule has 0 saturated carbocycles. The summed E-state index contributed by atoms with van der Waals surface area (Å²) in [4.78, 5) is 30.9. The smallest absolute Gasteiger partial charge is 0.269 e. The number of methoxy groups -OCH3 is 1. The van der Waals surface area contributed by atoms with Gasteiger partial charge in [-0.1, -0.05) is 29.8 Å². The molecule has 10 heteroatoms. The number of fused-ring (bicyclic) bond motifs is 2. The van der Waals surface area contributed by atoms with Gasteiger partial charge in [-0.2, -0.15) is 0 Å². The third-order valence-electron chi connectivity index (χ3n) is 4.73. The van der Waals surface area contributed by atoms with Crippen molar-refractivity contribution in [1.82, 2.24) is 29.1 Å². The fourth-order valence-corrected chi connectivity index (χ4v) is 3.62. The molecular weight excluding hydrogens is 406 g/mol. The molecule has 0 bridgehead atoms. The third kappa shape index (κ3) is 2.60. The van der Waals surface area contributed by atoms with Gasteiger partial charge in [-0.3, -0.25) is 9.36 Å². The predicted molar refractivity (Wildman–Crippen MR) is 114 cm³/mol. The maximum atomic E-state index is 13.6. The summed E-state index contributed by atoms with van der Waals surface area (Å²) in [5.74, 6) is 0.987. The van der Waals surface area contributed by atoms with Crippen molar-refractivity contribution in [3.63, 3.8) is 0 Å². The lowest BCUT2D eigenvalue weighted by Crippen LogP contribution is -2.25. The molecule has 9 nitrogen and oxygen atoms in total. The molecule has 0 atom stereocenters. The number of hydrogen-bond donors (Lipinski definition) is 1. The molecule has 3 heterocycles. The summed E-state index contributed by atoms with van der Waals surface area (Å²) in [6.07, 6.45) is 2.83. The van der Waals surface area contributed by atoms with Crippen LogP contribution < -0.4 is 16.0 Å². The molecule has 0 radical (unpaired) electrons. The molecule has 0 saturated heterocycles. The van der Waals surface area contributed by atoms with E-state index in [0.717, 1.165) is 0 Å². The molecule has 2 N–H and O–H groups in total. The number of imidazole rings is 1. The van der Waals surface area contributed by atoms with Gasteiger partial charge in [-0.05, 0) is 24.3 Å². The van der Waals surface area contributed by atoms with E-state index in [1.165, 1.54) is 24.3 Å². The van der Waals surface area contributed by atoms with Crippen LogP contribution in [0.5, 0.6) is 5.75 Å². The van der Waals surface area contributed by atoms with Crippen LogP contribution in [-0.4, -0.2) is 36.2 Å². The van der Waals surface area contributed by atoms with E-state index in [4.69, 9.17) is 27.1 Å². The number of aromatic nitrogens is 6. The summed E-state index contributed by atoms with van der Waals surface area (Å²) in [6.45, 7) is 0. The molecule has 0 unspecified atom stereocenters. The Kier molecular flexibility index (Phi) is 4.11. The summed E-state index contributed by atoms with van der Waals surface area (Å²) in [5.41, 5.74) is 7.34. The number of nitrogens with two attached hydrogens (primary N) is 1. The average Bonchev–Trinajstić information content (AvgIpc) is 3.19. The first-order valence-electron chi connectivity index (χ1n) is 8.88. The molecule has 5 rings (SSSR count). The van der Waals surface area contributed by atoms with Gasteiger partial charge in [0.25, 0.3) is 5.56 Å². The molecular formula is C20H14ClN7O2. The number of nitrogens with zero attached hydrogens (tertiary/aromatic N) is 6. The Hall–Kier alpha value is -3.98. The van der Waals surface area contributed by atoms with Gasteiger partial charge in [0.1, 0.15) is 18.4 Å². The van der Waals surface area contributed by atoms with Crippen molar-refractivity contribution in [1.29, 1.82) is 0 Å². The molecule has 0 fully saturated rings. The van der Waals surface area contributed by atoms with Gasteiger partial charge in [0.2, 0.25) is 5.95 Å². The Morgan fingerprint density at radius 2 is 1.90 bits per heavy atom. The van der Waals surface area contributed by atoms with Gasteiger partial charge in [0.05, 0.1) is 28.7 Å². The minimum Gasteiger partial charge on any atom is -0.495 e. The van der Waals surface area contributed by atoms with Crippen molar-refractivity contribution in [2.75, 3.05) is 12.8 Å². The maximum Gasteiger partial charge on any atom is 0.269 e. The second kappa shape index (κ2) is 6.82. The molecule has 0 aliphatic heterocycles. The zero-order valence-electron chi connectivity index (χ0n) is 15.7. The normalized spacial score (nSPS) is 11.3. The predicted octanol–water partition coefficient (Wildman–Crippen LogP) is 2.76. The van der Waals surface area contributed by atoms with Crippen molar-refractivity contribution in [2.24, 2.45) is 0 Å². The lowest BCUT2D eigenvalue weighted by molar-refractivity contribution is 0.412. The highest BCUT2D eigenvalue weighted by Gasteiger charge is 2.21. The van der Waals surface area contributed by atoms with Crippen LogP contribution in [0.15, 0.2) is 59.9 Å². The van der Waals surface area contributed by atoms with Crippen LogP contribution in [0.25, 0.3) is 33.7 Å². The number of nitrogen functional groups attached to an aromatic ring is 1. The number of benzene rings is 2. The Bertz CT molecular complexity index is 1490. The van der Waals surface area contributed by atoms with Gasteiger partial charge in [0.15, 0.2) is 17.0 Å². The van der Waals surface area contributed by atoms with Gasteiger partial charge < -0.3 is 10.5 Å². The second-order valence-corrected chi connectivity index (χ2v) is 6.81. The van der Waals surface area contributed by atoms with Crippen LogP contribution in [0.3, 0.4) is 0 Å². The van der Waals surface area contributed by atoms with E-state index < -0.39 is 0 Å². The monoisotopic (exact) mass is 419 g/mol. The highest BCUT2D eigenvalue weighted by Crippen LogP contribution is 2.27. The zero-order valence-corrected chi connectivity index (χ0v) is 16.4. The van der Waals surface area contributed by atoms with E-state index in [1.807, 2.05) is 6.07 Å². The van der Waals surface area contributed by atoms with Crippen molar-refractivity contribution in [2.45, 2.75) is 0 Å². The number of hydrogen-bond acceptors (Lipinski definition) is 7. The van der Waals surface area contributed by atoms with E-state index >= 15 is 0 Å². The number of rotatable bonds is 3. The van der Waals surface area contributed by atoms with Crippen molar-refractivity contribution in [3.05, 3.63) is 70.5 Å². The SMILES string of the molecule is COc1ccccc1-n1c(-n2cnc3c(N)ncnc32)nc2cccc(Cl)c2c1=O. The van der Waals surface area contributed by atoms with E-state index in [1.54, 1.807) is 41.0 Å². The first-order chi connectivity index (χ1) is 14.6. The standard InChI is InChI=1S/C20H14ClN7O2/c1-30-14-8-3-2-7-13(14)28-19(29)15-11(21)5-4-6-12(15)26-20(28)27-10-25-16-17(22)23-9-24-18(16)27/h2-10H,1H3,(H2,22,23,24).